The van der Waals surface area contributed by atoms with Crippen LogP contribution in [0.1, 0.15) is 31.2 Å². The molecule has 0 aliphatic heterocycles. The molecule has 1 unspecified atom stereocenters. The van der Waals surface area contributed by atoms with Crippen LogP contribution in [0.5, 0.6) is 0 Å². The molecule has 0 bridgehead atoms. The lowest BCUT2D eigenvalue weighted by molar-refractivity contribution is -0.169. The molecule has 1 aromatic carbocycles. The van der Waals surface area contributed by atoms with Crippen LogP contribution >= 0.6 is 22.6 Å². The molecule has 1 atom stereocenters. The van der Waals surface area contributed by atoms with Gasteiger partial charge in [-0.05, 0) is 31.9 Å². The molecule has 0 radical (unpaired) electrons. The van der Waals surface area contributed by atoms with Gasteiger partial charge in [0, 0.05) is 10.3 Å². The summed E-state index contributed by atoms with van der Waals surface area (Å²) in [5, 5.41) is 0. The van der Waals surface area contributed by atoms with Crippen LogP contribution in [0.25, 0.3) is 0 Å². The van der Waals surface area contributed by atoms with Crippen LogP contribution in [0.15, 0.2) is 29.2 Å². The van der Waals surface area contributed by atoms with Gasteiger partial charge in [-0.25, -0.2) is 4.79 Å². The van der Waals surface area contributed by atoms with Gasteiger partial charge in [-0.15, -0.1) is 0 Å². The van der Waals surface area contributed by atoms with E-state index in [4.69, 9.17) is 4.18 Å². The predicted octanol–water partition coefficient (Wildman–Crippen LogP) is 3.87. The number of esters is 1. The zero-order chi connectivity index (χ0) is 19.1. The molecule has 0 aromatic heterocycles. The summed E-state index contributed by atoms with van der Waals surface area (Å²) < 4.78 is 59.4. The largest absolute Gasteiger partial charge is 0.465 e. The number of unbranched alkanes of at least 4 members (excludes halogenated alkanes) is 1. The molecule has 0 aliphatic rings. The van der Waals surface area contributed by atoms with Crippen LogP contribution in [0.2, 0.25) is 0 Å². The van der Waals surface area contributed by atoms with E-state index in [9.17, 15) is 22.0 Å². The number of carbonyl (C=O) groups excluding carboxylic acids is 1. The Kier molecular flexibility index (Phi) is 8.69. The standard InChI is InChI=1S/C16H21F2IO5S/c1-12-6-8-14(9-7-12)25(21,22)24-10-4-3-5-13(19)11-16(17,18)15(20)23-2/h6-9,13H,3-5,10-11H2,1-2H3. The van der Waals surface area contributed by atoms with Gasteiger partial charge in [-0.2, -0.15) is 17.2 Å². The second-order valence-corrected chi connectivity index (χ2v) is 8.96. The molecule has 5 nitrogen and oxygen atoms in total. The topological polar surface area (TPSA) is 69.7 Å². The van der Waals surface area contributed by atoms with Gasteiger partial charge >= 0.3 is 11.9 Å². The molecular formula is C16H21F2IO5S. The second-order valence-electron chi connectivity index (χ2n) is 5.58. The number of carbonyl (C=O) groups is 1. The highest BCUT2D eigenvalue weighted by Gasteiger charge is 2.41. The number of ether oxygens (including phenoxy) is 1. The van der Waals surface area contributed by atoms with Crippen LogP contribution in [-0.4, -0.2) is 38.0 Å². The number of halogens is 3. The van der Waals surface area contributed by atoms with Crippen molar-refractivity contribution < 1.29 is 30.9 Å². The molecule has 0 fully saturated rings. The van der Waals surface area contributed by atoms with Gasteiger partial charge in [0.15, 0.2) is 0 Å². The van der Waals surface area contributed by atoms with Gasteiger partial charge in [0.2, 0.25) is 0 Å². The number of benzene rings is 1. The summed E-state index contributed by atoms with van der Waals surface area (Å²) in [7, 11) is -2.88. The number of rotatable bonds is 10. The molecule has 0 saturated carbocycles. The van der Waals surface area contributed by atoms with E-state index in [-0.39, 0.29) is 11.5 Å². The Morgan fingerprint density at radius 1 is 1.24 bits per heavy atom. The van der Waals surface area contributed by atoms with Crippen molar-refractivity contribution in [1.29, 1.82) is 0 Å². The minimum Gasteiger partial charge on any atom is -0.465 e. The fourth-order valence-electron chi connectivity index (χ4n) is 2.02. The number of methoxy groups -OCH3 is 1. The zero-order valence-electron chi connectivity index (χ0n) is 14.0. The van der Waals surface area contributed by atoms with Gasteiger partial charge in [-0.3, -0.25) is 4.18 Å². The summed E-state index contributed by atoms with van der Waals surface area (Å²) >= 11 is 1.85. The summed E-state index contributed by atoms with van der Waals surface area (Å²) in [5.41, 5.74) is 0.941. The number of aryl methyl sites for hydroxylation is 1. The lowest BCUT2D eigenvalue weighted by Gasteiger charge is -2.17. The SMILES string of the molecule is COC(=O)C(F)(F)CC(I)CCCCOS(=O)(=O)c1ccc(C)cc1. The first-order valence-corrected chi connectivity index (χ1v) is 10.3. The number of hydrogen-bond donors (Lipinski definition) is 0. The first-order valence-electron chi connectivity index (χ1n) is 7.65. The van der Waals surface area contributed by atoms with E-state index in [1.165, 1.54) is 12.1 Å². The number of alkyl halides is 3. The van der Waals surface area contributed by atoms with Crippen molar-refractivity contribution >= 4 is 38.7 Å². The van der Waals surface area contributed by atoms with Gasteiger partial charge in [0.25, 0.3) is 10.1 Å². The van der Waals surface area contributed by atoms with Gasteiger partial charge in [-0.1, -0.05) is 46.7 Å². The zero-order valence-corrected chi connectivity index (χ0v) is 17.0. The van der Waals surface area contributed by atoms with Crippen LogP contribution in [-0.2, 0) is 23.8 Å². The summed E-state index contributed by atoms with van der Waals surface area (Å²) in [6.45, 7) is 1.83. The minimum atomic E-state index is -3.80. The Balaban J connectivity index is 2.34. The first-order chi connectivity index (χ1) is 11.6. The van der Waals surface area contributed by atoms with Crippen molar-refractivity contribution in [3.05, 3.63) is 29.8 Å². The third-order valence-electron chi connectivity index (χ3n) is 3.42. The Morgan fingerprint density at radius 3 is 2.40 bits per heavy atom. The molecule has 1 aromatic rings. The van der Waals surface area contributed by atoms with E-state index in [1.54, 1.807) is 12.1 Å². The van der Waals surface area contributed by atoms with Crippen LogP contribution < -0.4 is 0 Å². The lowest BCUT2D eigenvalue weighted by atomic mass is 10.1. The van der Waals surface area contributed by atoms with Crippen LogP contribution in [0.4, 0.5) is 8.78 Å². The molecule has 9 heteroatoms. The molecule has 0 amide bonds. The Morgan fingerprint density at radius 2 is 1.84 bits per heavy atom. The second kappa shape index (κ2) is 9.77. The van der Waals surface area contributed by atoms with Crippen molar-refractivity contribution in [3.63, 3.8) is 0 Å². The number of hydrogen-bond acceptors (Lipinski definition) is 5. The average Bonchev–Trinajstić information content (AvgIpc) is 2.53. The van der Waals surface area contributed by atoms with Crippen molar-refractivity contribution in [1.82, 2.24) is 0 Å². The predicted molar refractivity (Wildman–Crippen MR) is 97.6 cm³/mol. The van der Waals surface area contributed by atoms with E-state index in [2.05, 4.69) is 4.74 Å². The van der Waals surface area contributed by atoms with Crippen molar-refractivity contribution in [3.8, 4) is 0 Å². The molecular weight excluding hydrogens is 469 g/mol. The lowest BCUT2D eigenvalue weighted by Crippen LogP contribution is -2.32. The molecule has 0 saturated heterocycles. The fourth-order valence-corrected chi connectivity index (χ4v) is 3.96. The normalized spacial score (nSPS) is 13.5. The third kappa shape index (κ3) is 7.53. The third-order valence-corrected chi connectivity index (χ3v) is 5.81. The maximum Gasteiger partial charge on any atom is 0.376 e. The van der Waals surface area contributed by atoms with Crippen molar-refractivity contribution in [2.45, 2.75) is 47.3 Å². The summed E-state index contributed by atoms with van der Waals surface area (Å²) in [6, 6.07) is 6.30. The van der Waals surface area contributed by atoms with E-state index in [0.29, 0.717) is 19.3 Å². The van der Waals surface area contributed by atoms with E-state index >= 15 is 0 Å². The Bertz CT molecular complexity index is 662. The van der Waals surface area contributed by atoms with E-state index < -0.39 is 32.4 Å². The van der Waals surface area contributed by atoms with Gasteiger partial charge in [0.1, 0.15) is 0 Å². The monoisotopic (exact) mass is 490 g/mol. The molecule has 142 valence electrons. The molecule has 0 N–H and O–H groups in total. The molecule has 0 aliphatic carbocycles. The highest BCUT2D eigenvalue weighted by atomic mass is 127. The quantitative estimate of drug-likeness (QED) is 0.164. The van der Waals surface area contributed by atoms with E-state index in [1.807, 2.05) is 29.5 Å². The fraction of sp³-hybridized carbons (Fsp3) is 0.562. The van der Waals surface area contributed by atoms with Gasteiger partial charge < -0.3 is 4.74 Å². The highest BCUT2D eigenvalue weighted by Crippen LogP contribution is 2.28. The molecule has 25 heavy (non-hydrogen) atoms. The molecule has 0 heterocycles. The van der Waals surface area contributed by atoms with E-state index in [0.717, 1.165) is 12.7 Å². The summed E-state index contributed by atoms with van der Waals surface area (Å²) in [5.74, 6) is -5.05. The maximum absolute atomic E-state index is 13.4. The summed E-state index contributed by atoms with van der Waals surface area (Å²) in [4.78, 5) is 11.0. The van der Waals surface area contributed by atoms with Crippen molar-refractivity contribution in [2.75, 3.05) is 13.7 Å². The van der Waals surface area contributed by atoms with Crippen LogP contribution in [0.3, 0.4) is 0 Å². The van der Waals surface area contributed by atoms with Gasteiger partial charge in [0.05, 0.1) is 18.6 Å². The first kappa shape index (κ1) is 22.2. The average molecular weight is 490 g/mol. The Labute approximate surface area is 160 Å². The smallest absolute Gasteiger partial charge is 0.376 e. The maximum atomic E-state index is 13.4. The van der Waals surface area contributed by atoms with Crippen LogP contribution in [0, 0.1) is 6.92 Å². The Hall–Kier alpha value is -0.810. The molecule has 1 rings (SSSR count). The minimum absolute atomic E-state index is 0.0209. The highest BCUT2D eigenvalue weighted by molar-refractivity contribution is 14.1. The summed E-state index contributed by atoms with van der Waals surface area (Å²) in [6.07, 6.45) is 0.729. The van der Waals surface area contributed by atoms with Crippen molar-refractivity contribution in [2.24, 2.45) is 0 Å². The molecule has 0 spiro atoms.